The number of hydrogen-bond acceptors (Lipinski definition) is 4. The lowest BCUT2D eigenvalue weighted by molar-refractivity contribution is -0.162. The van der Waals surface area contributed by atoms with Crippen LogP contribution in [0, 0.1) is 52.3 Å². The third kappa shape index (κ3) is 4.31. The van der Waals surface area contributed by atoms with E-state index in [-0.39, 0.29) is 23.5 Å². The molecule has 0 aromatic carbocycles. The molecule has 1 heterocycles. The number of nitrogens with one attached hydrogen (secondary N) is 2. The van der Waals surface area contributed by atoms with Gasteiger partial charge in [0.1, 0.15) is 6.10 Å². The van der Waals surface area contributed by atoms with E-state index in [1.54, 1.807) is 12.5 Å². The monoisotopic (exact) mass is 498 g/mol. The summed E-state index contributed by atoms with van der Waals surface area (Å²) in [5.41, 5.74) is 2.51. The van der Waals surface area contributed by atoms with Crippen LogP contribution in [-0.4, -0.2) is 37.7 Å². The fourth-order valence-electron chi connectivity index (χ4n) is 10.6. The van der Waals surface area contributed by atoms with Crippen LogP contribution in [0.2, 0.25) is 0 Å². The van der Waals surface area contributed by atoms with E-state index >= 15 is 0 Å². The summed E-state index contributed by atoms with van der Waals surface area (Å²) in [6.07, 6.45) is 14.3. The molecule has 204 valence electrons. The van der Waals surface area contributed by atoms with Gasteiger partial charge < -0.3 is 15.4 Å². The summed E-state index contributed by atoms with van der Waals surface area (Å²) >= 11 is 0. The van der Waals surface area contributed by atoms with Crippen molar-refractivity contribution in [1.82, 2.24) is 10.6 Å². The average Bonchev–Trinajstić information content (AvgIpc) is 3.42. The summed E-state index contributed by atoms with van der Waals surface area (Å²) in [7, 11) is 2.03. The molecule has 4 aliphatic carbocycles. The summed E-state index contributed by atoms with van der Waals surface area (Å²) in [5.74, 6) is 5.01. The predicted molar refractivity (Wildman–Crippen MR) is 147 cm³/mol. The van der Waals surface area contributed by atoms with Gasteiger partial charge in [-0.15, -0.1) is 0 Å². The van der Waals surface area contributed by atoms with Crippen LogP contribution in [0.25, 0.3) is 0 Å². The summed E-state index contributed by atoms with van der Waals surface area (Å²) in [6, 6.07) is 1.000. The van der Waals surface area contributed by atoms with Crippen molar-refractivity contribution >= 4 is 5.97 Å². The number of likely N-dealkylation sites (N-methyl/N-ethyl adjacent to an activating group) is 1. The summed E-state index contributed by atoms with van der Waals surface area (Å²) in [6.45, 7) is 15.4. The number of allylic oxidation sites excluding steroid dienone is 2. The van der Waals surface area contributed by atoms with Crippen LogP contribution in [0.15, 0.2) is 11.6 Å². The lowest BCUT2D eigenvalue weighted by Crippen LogP contribution is -2.58. The molecule has 0 bridgehead atoms. The minimum Gasteiger partial charge on any atom is -0.461 e. The van der Waals surface area contributed by atoms with Crippen LogP contribution in [0.4, 0.5) is 0 Å². The van der Waals surface area contributed by atoms with E-state index in [1.807, 2.05) is 7.05 Å². The molecular formula is C32H54N2O2. The van der Waals surface area contributed by atoms with E-state index in [1.165, 1.54) is 51.5 Å². The number of carbonyl (C=O) groups is 1. The van der Waals surface area contributed by atoms with Crippen LogP contribution in [0.1, 0.15) is 99.3 Å². The van der Waals surface area contributed by atoms with Gasteiger partial charge in [-0.2, -0.15) is 0 Å². The van der Waals surface area contributed by atoms with E-state index in [9.17, 15) is 4.79 Å². The third-order valence-corrected chi connectivity index (χ3v) is 12.5. The fourth-order valence-corrected chi connectivity index (χ4v) is 10.6. The topological polar surface area (TPSA) is 50.4 Å². The molecule has 8 unspecified atom stereocenters. The Kier molecular flexibility index (Phi) is 7.44. The maximum absolute atomic E-state index is 12.0. The lowest BCUT2D eigenvalue weighted by atomic mass is 9.47. The lowest BCUT2D eigenvalue weighted by Gasteiger charge is -2.59. The molecule has 4 fully saturated rings. The molecule has 4 heteroatoms. The Morgan fingerprint density at radius 2 is 1.81 bits per heavy atom. The number of rotatable bonds is 6. The Balaban J connectivity index is 1.35. The number of ether oxygens (including phenoxy) is 1. The standard InChI is InChI=1S/C32H54N2O2/c1-19(2)22-14-17-34-29(22)18-20(3)24-10-11-25-23-8-9-27-30(36-21(4)35)28(33-7)13-16-32(27,6)26(23)12-15-31(24,25)5/h8,19-20,22,24-30,33-34H,9-18H2,1-7H3/t20?,22?,24?,25?,26?,27?,28?,29?,30-,31-,32-/m1/s1. The molecular weight excluding hydrogens is 444 g/mol. The molecule has 0 amide bonds. The zero-order valence-corrected chi connectivity index (χ0v) is 24.2. The van der Waals surface area contributed by atoms with Gasteiger partial charge in [0.05, 0.1) is 0 Å². The molecule has 11 atom stereocenters. The first-order valence-corrected chi connectivity index (χ1v) is 15.4. The average molecular weight is 499 g/mol. The molecule has 5 aliphatic rings. The molecule has 1 aliphatic heterocycles. The zero-order valence-electron chi connectivity index (χ0n) is 24.2. The Hall–Kier alpha value is -0.870. The van der Waals surface area contributed by atoms with E-state index in [0.29, 0.717) is 23.3 Å². The fraction of sp³-hybridized carbons (Fsp3) is 0.906. The normalized spacial score (nSPS) is 47.1. The molecule has 0 aromatic rings. The predicted octanol–water partition coefficient (Wildman–Crippen LogP) is 6.36. The molecule has 3 saturated carbocycles. The number of carbonyl (C=O) groups excluding carboxylic acids is 1. The minimum atomic E-state index is -0.125. The second kappa shape index (κ2) is 10.0. The van der Waals surface area contributed by atoms with Crippen LogP contribution >= 0.6 is 0 Å². The second-order valence-electron chi connectivity index (χ2n) is 14.4. The highest BCUT2D eigenvalue weighted by molar-refractivity contribution is 5.66. The van der Waals surface area contributed by atoms with Gasteiger partial charge in [0.2, 0.25) is 0 Å². The van der Waals surface area contributed by atoms with Crippen LogP contribution in [0.3, 0.4) is 0 Å². The maximum atomic E-state index is 12.0. The van der Waals surface area contributed by atoms with Crippen molar-refractivity contribution in [2.24, 2.45) is 52.3 Å². The highest BCUT2D eigenvalue weighted by Crippen LogP contribution is 2.67. The van der Waals surface area contributed by atoms with Crippen LogP contribution < -0.4 is 10.6 Å². The van der Waals surface area contributed by atoms with Crippen LogP contribution in [0.5, 0.6) is 0 Å². The molecule has 0 spiro atoms. The van der Waals surface area contributed by atoms with E-state index in [0.717, 1.165) is 42.4 Å². The van der Waals surface area contributed by atoms with Gasteiger partial charge in [-0.1, -0.05) is 46.3 Å². The first kappa shape index (κ1) is 26.7. The molecule has 2 N–H and O–H groups in total. The molecule has 0 radical (unpaired) electrons. The van der Waals surface area contributed by atoms with Crippen molar-refractivity contribution < 1.29 is 9.53 Å². The summed E-state index contributed by atoms with van der Waals surface area (Å²) in [5, 5.41) is 7.36. The smallest absolute Gasteiger partial charge is 0.302 e. The Morgan fingerprint density at radius 3 is 2.50 bits per heavy atom. The largest absolute Gasteiger partial charge is 0.461 e. The Labute approximate surface area is 221 Å². The summed E-state index contributed by atoms with van der Waals surface area (Å²) in [4.78, 5) is 12.0. The van der Waals surface area contributed by atoms with Gasteiger partial charge in [-0.3, -0.25) is 4.79 Å². The molecule has 36 heavy (non-hydrogen) atoms. The molecule has 5 rings (SSSR count). The van der Waals surface area contributed by atoms with E-state index in [4.69, 9.17) is 4.74 Å². The second-order valence-corrected chi connectivity index (χ2v) is 14.4. The highest BCUT2D eigenvalue weighted by Gasteiger charge is 2.60. The van der Waals surface area contributed by atoms with Crippen molar-refractivity contribution in [3.63, 3.8) is 0 Å². The van der Waals surface area contributed by atoms with Gasteiger partial charge >= 0.3 is 5.97 Å². The molecule has 4 nitrogen and oxygen atoms in total. The minimum absolute atomic E-state index is 0.00141. The zero-order chi connectivity index (χ0) is 25.8. The van der Waals surface area contributed by atoms with Crippen molar-refractivity contribution in [3.8, 4) is 0 Å². The molecule has 0 aromatic heterocycles. The van der Waals surface area contributed by atoms with E-state index < -0.39 is 0 Å². The van der Waals surface area contributed by atoms with E-state index in [2.05, 4.69) is 51.3 Å². The first-order chi connectivity index (χ1) is 17.1. The molecule has 1 saturated heterocycles. The van der Waals surface area contributed by atoms with Crippen LogP contribution in [-0.2, 0) is 9.53 Å². The summed E-state index contributed by atoms with van der Waals surface area (Å²) < 4.78 is 6.02. The quantitative estimate of drug-likeness (QED) is 0.331. The van der Waals surface area contributed by atoms with Gasteiger partial charge in [0.25, 0.3) is 0 Å². The Morgan fingerprint density at radius 1 is 1.08 bits per heavy atom. The van der Waals surface area contributed by atoms with Gasteiger partial charge in [-0.05, 0) is 118 Å². The highest BCUT2D eigenvalue weighted by atomic mass is 16.5. The van der Waals surface area contributed by atoms with Crippen molar-refractivity contribution in [1.29, 1.82) is 0 Å². The van der Waals surface area contributed by atoms with Gasteiger partial charge in [0.15, 0.2) is 0 Å². The number of esters is 1. The Bertz CT molecular complexity index is 853. The maximum Gasteiger partial charge on any atom is 0.302 e. The van der Waals surface area contributed by atoms with Crippen molar-refractivity contribution in [2.45, 2.75) is 118 Å². The number of hydrogen-bond donors (Lipinski definition) is 2. The van der Waals surface area contributed by atoms with Crippen molar-refractivity contribution in [2.75, 3.05) is 13.6 Å². The third-order valence-electron chi connectivity index (χ3n) is 12.5. The van der Waals surface area contributed by atoms with Gasteiger partial charge in [-0.25, -0.2) is 0 Å². The van der Waals surface area contributed by atoms with Gasteiger partial charge in [0, 0.05) is 24.9 Å². The van der Waals surface area contributed by atoms with Crippen molar-refractivity contribution in [3.05, 3.63) is 11.6 Å². The SMILES string of the molecule is CNC1CC[C@]2(C)C3CC[C@@]4(C)C(CCC4C(C)CC4NCCC4C(C)C)C3=CCC2[C@H]1OC(C)=O. The number of fused-ring (bicyclic) bond motifs is 5. The first-order valence-electron chi connectivity index (χ1n) is 15.4.